The third kappa shape index (κ3) is 3.42. The van der Waals surface area contributed by atoms with Gasteiger partial charge in [-0.05, 0) is 29.8 Å². The second-order valence-corrected chi connectivity index (χ2v) is 3.06. The van der Waals surface area contributed by atoms with Crippen LogP contribution in [-0.2, 0) is 9.59 Å². The molecule has 0 radical (unpaired) electrons. The molecule has 0 bridgehead atoms. The molecule has 0 heterocycles. The number of rotatable bonds is 4. The first-order chi connectivity index (χ1) is 7.63. The van der Waals surface area contributed by atoms with E-state index in [0.29, 0.717) is 12.0 Å². The number of carbonyl (C=O) groups is 2. The number of nitrogens with two attached hydrogens (primary N) is 1. The number of aldehydes is 1. The van der Waals surface area contributed by atoms with Crippen molar-refractivity contribution in [2.24, 2.45) is 0 Å². The lowest BCUT2D eigenvalue weighted by Gasteiger charge is -1.95. The molecule has 0 fully saturated rings. The third-order valence-corrected chi connectivity index (χ3v) is 1.89. The van der Waals surface area contributed by atoms with Crippen LogP contribution in [0, 0.1) is 0 Å². The molecule has 0 amide bonds. The molecule has 0 aliphatic heterocycles. The van der Waals surface area contributed by atoms with Crippen LogP contribution in [0.25, 0.3) is 6.08 Å². The van der Waals surface area contributed by atoms with Crippen LogP contribution >= 0.6 is 0 Å². The highest BCUT2D eigenvalue weighted by molar-refractivity contribution is 5.95. The quantitative estimate of drug-likeness (QED) is 0.346. The summed E-state index contributed by atoms with van der Waals surface area (Å²) in [6.07, 6.45) is 4.40. The Labute approximate surface area is 92.7 Å². The van der Waals surface area contributed by atoms with Gasteiger partial charge in [-0.1, -0.05) is 18.2 Å². The molecule has 0 saturated carbocycles. The zero-order valence-corrected chi connectivity index (χ0v) is 8.46. The highest BCUT2D eigenvalue weighted by Crippen LogP contribution is 2.08. The van der Waals surface area contributed by atoms with Gasteiger partial charge in [-0.15, -0.1) is 0 Å². The zero-order valence-electron chi connectivity index (χ0n) is 8.46. The number of carbonyl (C=O) groups excluding carboxylic acids is 1. The van der Waals surface area contributed by atoms with Gasteiger partial charge in [0.05, 0.1) is 5.57 Å². The lowest BCUT2D eigenvalue weighted by molar-refractivity contribution is -0.132. The Morgan fingerprint density at radius 1 is 1.25 bits per heavy atom. The number of hydrogen-bond donors (Lipinski definition) is 2. The van der Waals surface area contributed by atoms with Crippen molar-refractivity contribution in [3.63, 3.8) is 0 Å². The van der Waals surface area contributed by atoms with Gasteiger partial charge in [0.25, 0.3) is 0 Å². The molecule has 4 nitrogen and oxygen atoms in total. The van der Waals surface area contributed by atoms with E-state index in [1.807, 2.05) is 0 Å². The maximum absolute atomic E-state index is 10.7. The number of carboxylic acid groups (broad SMARTS) is 1. The minimum atomic E-state index is -1.14. The van der Waals surface area contributed by atoms with Crippen molar-refractivity contribution >= 4 is 24.0 Å². The van der Waals surface area contributed by atoms with Crippen molar-refractivity contribution < 1.29 is 14.7 Å². The number of hydrogen-bond acceptors (Lipinski definition) is 3. The standard InChI is InChI=1S/C12H11NO3/c13-11-5-2-9(3-6-11)1-4-10(7-8-14)12(15)16/h1-8H,13H2,(H,15,16)/b4-1+,10-7+. The Kier molecular flexibility index (Phi) is 4.03. The highest BCUT2D eigenvalue weighted by atomic mass is 16.4. The van der Waals surface area contributed by atoms with E-state index in [2.05, 4.69) is 0 Å². The van der Waals surface area contributed by atoms with Crippen molar-refractivity contribution in [3.8, 4) is 0 Å². The molecule has 0 spiro atoms. The summed E-state index contributed by atoms with van der Waals surface area (Å²) in [4.78, 5) is 20.9. The van der Waals surface area contributed by atoms with E-state index in [9.17, 15) is 9.59 Å². The molecule has 1 aromatic rings. The number of benzene rings is 1. The smallest absolute Gasteiger partial charge is 0.335 e. The summed E-state index contributed by atoms with van der Waals surface area (Å²) in [7, 11) is 0. The summed E-state index contributed by atoms with van der Waals surface area (Å²) >= 11 is 0. The molecule has 16 heavy (non-hydrogen) atoms. The number of allylic oxidation sites excluding steroid dienone is 1. The van der Waals surface area contributed by atoms with Crippen LogP contribution in [0.3, 0.4) is 0 Å². The molecular formula is C12H11NO3. The molecule has 1 aromatic carbocycles. The molecule has 0 unspecified atom stereocenters. The van der Waals surface area contributed by atoms with E-state index in [-0.39, 0.29) is 5.57 Å². The van der Waals surface area contributed by atoms with Gasteiger partial charge in [0, 0.05) is 5.69 Å². The SMILES string of the molecule is Nc1ccc(/C=C/C(=C\C=O)C(=O)O)cc1. The monoisotopic (exact) mass is 217 g/mol. The lowest BCUT2D eigenvalue weighted by atomic mass is 10.1. The normalized spacial score (nSPS) is 11.6. The van der Waals surface area contributed by atoms with Crippen LogP contribution in [-0.4, -0.2) is 17.4 Å². The van der Waals surface area contributed by atoms with Crippen LogP contribution in [0.2, 0.25) is 0 Å². The van der Waals surface area contributed by atoms with Crippen LogP contribution in [0.15, 0.2) is 42.0 Å². The van der Waals surface area contributed by atoms with Crippen molar-refractivity contribution in [3.05, 3.63) is 47.6 Å². The minimum absolute atomic E-state index is 0.0631. The zero-order chi connectivity index (χ0) is 12.0. The molecule has 4 heteroatoms. The molecule has 0 saturated heterocycles. The lowest BCUT2D eigenvalue weighted by Crippen LogP contribution is -1.97. The number of aliphatic carboxylic acids is 1. The van der Waals surface area contributed by atoms with Crippen molar-refractivity contribution in [1.29, 1.82) is 0 Å². The highest BCUT2D eigenvalue weighted by Gasteiger charge is 2.01. The summed E-state index contributed by atoms with van der Waals surface area (Å²) in [6, 6.07) is 6.94. The van der Waals surface area contributed by atoms with E-state index in [1.54, 1.807) is 30.3 Å². The van der Waals surface area contributed by atoms with E-state index in [0.717, 1.165) is 11.6 Å². The van der Waals surface area contributed by atoms with E-state index in [1.165, 1.54) is 6.08 Å². The Morgan fingerprint density at radius 2 is 1.88 bits per heavy atom. The van der Waals surface area contributed by atoms with Crippen LogP contribution < -0.4 is 5.73 Å². The summed E-state index contributed by atoms with van der Waals surface area (Å²) in [5.74, 6) is -1.14. The molecule has 0 aliphatic carbocycles. The van der Waals surface area contributed by atoms with Gasteiger partial charge in [-0.3, -0.25) is 4.79 Å². The van der Waals surface area contributed by atoms with Crippen molar-refractivity contribution in [2.45, 2.75) is 0 Å². The summed E-state index contributed by atoms with van der Waals surface area (Å²) in [6.45, 7) is 0. The van der Waals surface area contributed by atoms with Gasteiger partial charge in [0.2, 0.25) is 0 Å². The Balaban J connectivity index is 2.86. The minimum Gasteiger partial charge on any atom is -0.478 e. The van der Waals surface area contributed by atoms with Gasteiger partial charge in [-0.2, -0.15) is 0 Å². The summed E-state index contributed by atoms with van der Waals surface area (Å²) in [5.41, 5.74) is 6.89. The largest absolute Gasteiger partial charge is 0.478 e. The summed E-state index contributed by atoms with van der Waals surface area (Å²) in [5, 5.41) is 8.73. The van der Waals surface area contributed by atoms with Gasteiger partial charge in [0.15, 0.2) is 0 Å². The molecule has 82 valence electrons. The van der Waals surface area contributed by atoms with E-state index in [4.69, 9.17) is 10.8 Å². The Hall–Kier alpha value is -2.36. The maximum atomic E-state index is 10.7. The van der Waals surface area contributed by atoms with Gasteiger partial charge >= 0.3 is 5.97 Å². The average Bonchev–Trinajstić information content (AvgIpc) is 2.26. The van der Waals surface area contributed by atoms with Gasteiger partial charge in [0.1, 0.15) is 6.29 Å². The van der Waals surface area contributed by atoms with Crippen LogP contribution in [0.5, 0.6) is 0 Å². The fraction of sp³-hybridized carbons (Fsp3) is 0. The first-order valence-electron chi connectivity index (χ1n) is 4.56. The Morgan fingerprint density at radius 3 is 2.38 bits per heavy atom. The number of nitrogen functional groups attached to an aromatic ring is 1. The molecule has 0 aliphatic rings. The molecule has 0 atom stereocenters. The second-order valence-electron chi connectivity index (χ2n) is 3.06. The fourth-order valence-electron chi connectivity index (χ4n) is 1.06. The third-order valence-electron chi connectivity index (χ3n) is 1.89. The molecule has 1 rings (SSSR count). The van der Waals surface area contributed by atoms with E-state index < -0.39 is 5.97 Å². The summed E-state index contributed by atoms with van der Waals surface area (Å²) < 4.78 is 0. The second kappa shape index (κ2) is 5.50. The van der Waals surface area contributed by atoms with E-state index >= 15 is 0 Å². The molecule has 0 aromatic heterocycles. The van der Waals surface area contributed by atoms with Gasteiger partial charge < -0.3 is 10.8 Å². The maximum Gasteiger partial charge on any atom is 0.335 e. The van der Waals surface area contributed by atoms with Crippen molar-refractivity contribution in [1.82, 2.24) is 0 Å². The molecule has 3 N–H and O–H groups in total. The van der Waals surface area contributed by atoms with Crippen LogP contribution in [0.1, 0.15) is 5.56 Å². The predicted molar refractivity (Wildman–Crippen MR) is 61.7 cm³/mol. The predicted octanol–water partition coefficient (Wildman–Crippen LogP) is 1.49. The first kappa shape index (κ1) is 11.7. The van der Waals surface area contributed by atoms with Crippen LogP contribution in [0.4, 0.5) is 5.69 Å². The number of anilines is 1. The average molecular weight is 217 g/mol. The topological polar surface area (TPSA) is 80.4 Å². The first-order valence-corrected chi connectivity index (χ1v) is 4.56. The number of carboxylic acids is 1. The van der Waals surface area contributed by atoms with Gasteiger partial charge in [-0.25, -0.2) is 4.79 Å². The Bertz CT molecular complexity index is 444. The molecular weight excluding hydrogens is 206 g/mol. The van der Waals surface area contributed by atoms with Crippen molar-refractivity contribution in [2.75, 3.05) is 5.73 Å². The fourth-order valence-corrected chi connectivity index (χ4v) is 1.06.